The van der Waals surface area contributed by atoms with Gasteiger partial charge in [0.05, 0.1) is 25.9 Å². The van der Waals surface area contributed by atoms with Crippen molar-refractivity contribution in [1.29, 1.82) is 0 Å². The van der Waals surface area contributed by atoms with Crippen LogP contribution in [0.5, 0.6) is 5.75 Å². The van der Waals surface area contributed by atoms with E-state index >= 15 is 0 Å². The predicted octanol–water partition coefficient (Wildman–Crippen LogP) is 1.43. The maximum atomic E-state index is 12.5. The molecule has 2 N–H and O–H groups in total. The van der Waals surface area contributed by atoms with E-state index < -0.39 is 0 Å². The fraction of sp³-hybridized carbons (Fsp3) is 0.421. The lowest BCUT2D eigenvalue weighted by Crippen LogP contribution is -2.66. The number of nitrogens with zero attached hydrogens (tertiary/aromatic N) is 2. The summed E-state index contributed by atoms with van der Waals surface area (Å²) in [5.74, 6) is 0.141. The standard InChI is InChI=1S/C19H21N3O5/c23-15-3-1-2-14(8-15)18(25)22-11-19(12-22)6-4-13(10-26-19)9-20-17(24)16-5-7-21-27-16/h1-3,5,7-8,13,23H,4,6,9-12H2,(H,20,24). The second-order valence-corrected chi connectivity index (χ2v) is 7.20. The summed E-state index contributed by atoms with van der Waals surface area (Å²) in [6, 6.07) is 7.89. The molecule has 0 aliphatic carbocycles. The summed E-state index contributed by atoms with van der Waals surface area (Å²) in [6.07, 6.45) is 3.20. The van der Waals surface area contributed by atoms with Crippen LogP contribution in [0.4, 0.5) is 0 Å². The molecule has 2 fully saturated rings. The van der Waals surface area contributed by atoms with Gasteiger partial charge in [-0.2, -0.15) is 0 Å². The van der Waals surface area contributed by atoms with Gasteiger partial charge in [-0.05, 0) is 37.0 Å². The van der Waals surface area contributed by atoms with Crippen molar-refractivity contribution < 1.29 is 24.0 Å². The number of hydrogen-bond donors (Lipinski definition) is 2. The second-order valence-electron chi connectivity index (χ2n) is 7.20. The molecule has 2 aromatic rings. The number of phenols is 1. The smallest absolute Gasteiger partial charge is 0.289 e. The fourth-order valence-electron chi connectivity index (χ4n) is 3.60. The minimum Gasteiger partial charge on any atom is -0.508 e. The van der Waals surface area contributed by atoms with Crippen LogP contribution in [0, 0.1) is 5.92 Å². The van der Waals surface area contributed by atoms with Gasteiger partial charge in [0.25, 0.3) is 11.8 Å². The van der Waals surface area contributed by atoms with Gasteiger partial charge in [0, 0.05) is 18.2 Å². The molecule has 0 bridgehead atoms. The molecule has 2 amide bonds. The van der Waals surface area contributed by atoms with Gasteiger partial charge in [-0.25, -0.2) is 0 Å². The molecule has 8 heteroatoms. The predicted molar refractivity (Wildman–Crippen MR) is 94.3 cm³/mol. The van der Waals surface area contributed by atoms with E-state index in [1.165, 1.54) is 18.3 Å². The van der Waals surface area contributed by atoms with Crippen LogP contribution in [0.3, 0.4) is 0 Å². The molecule has 142 valence electrons. The first-order valence-electron chi connectivity index (χ1n) is 8.96. The molecule has 1 spiro atoms. The highest BCUT2D eigenvalue weighted by atomic mass is 16.5. The number of nitrogens with one attached hydrogen (secondary N) is 1. The molecule has 8 nitrogen and oxygen atoms in total. The number of carbonyl (C=O) groups is 2. The Bertz CT molecular complexity index is 820. The first kappa shape index (κ1) is 17.5. The molecule has 4 rings (SSSR count). The van der Waals surface area contributed by atoms with Crippen molar-refractivity contribution in [2.24, 2.45) is 5.92 Å². The lowest BCUT2D eigenvalue weighted by molar-refractivity contribution is -0.166. The Morgan fingerprint density at radius 3 is 2.85 bits per heavy atom. The van der Waals surface area contributed by atoms with E-state index in [2.05, 4.69) is 10.5 Å². The van der Waals surface area contributed by atoms with Crippen LogP contribution in [0.25, 0.3) is 0 Å². The molecule has 1 unspecified atom stereocenters. The molecule has 1 atom stereocenters. The Hall–Kier alpha value is -2.87. The quantitative estimate of drug-likeness (QED) is 0.842. The maximum absolute atomic E-state index is 12.5. The Balaban J connectivity index is 1.23. The molecule has 0 saturated carbocycles. The number of rotatable bonds is 4. The Morgan fingerprint density at radius 1 is 1.33 bits per heavy atom. The maximum Gasteiger partial charge on any atom is 0.289 e. The molecule has 1 aromatic carbocycles. The van der Waals surface area contributed by atoms with Gasteiger partial charge in [0.1, 0.15) is 11.4 Å². The minimum atomic E-state index is -0.280. The van der Waals surface area contributed by atoms with Crippen molar-refractivity contribution in [2.45, 2.75) is 18.4 Å². The molecule has 0 radical (unpaired) electrons. The van der Waals surface area contributed by atoms with Crippen LogP contribution in [-0.4, -0.2) is 58.8 Å². The zero-order valence-electron chi connectivity index (χ0n) is 14.8. The molecular formula is C19H21N3O5. The minimum absolute atomic E-state index is 0.0835. The third kappa shape index (κ3) is 3.66. The Morgan fingerprint density at radius 2 is 2.19 bits per heavy atom. The number of hydrogen-bond acceptors (Lipinski definition) is 6. The summed E-state index contributed by atoms with van der Waals surface area (Å²) in [6.45, 7) is 2.17. The van der Waals surface area contributed by atoms with Crippen molar-refractivity contribution in [1.82, 2.24) is 15.4 Å². The average Bonchev–Trinajstić information content (AvgIpc) is 3.19. The van der Waals surface area contributed by atoms with Gasteiger partial charge >= 0.3 is 0 Å². The van der Waals surface area contributed by atoms with Crippen molar-refractivity contribution >= 4 is 11.8 Å². The fourth-order valence-corrected chi connectivity index (χ4v) is 3.60. The summed E-state index contributed by atoms with van der Waals surface area (Å²) in [4.78, 5) is 26.1. The molecule has 2 aliphatic rings. The lowest BCUT2D eigenvalue weighted by atomic mass is 9.82. The van der Waals surface area contributed by atoms with Gasteiger partial charge in [-0.3, -0.25) is 9.59 Å². The Labute approximate surface area is 156 Å². The van der Waals surface area contributed by atoms with Crippen LogP contribution in [-0.2, 0) is 4.74 Å². The molecule has 3 heterocycles. The second kappa shape index (κ2) is 7.03. The molecule has 2 aliphatic heterocycles. The summed E-state index contributed by atoms with van der Waals surface area (Å²) in [5, 5.41) is 15.9. The first-order chi connectivity index (χ1) is 13.0. The number of ether oxygens (including phenoxy) is 1. The highest BCUT2D eigenvalue weighted by Gasteiger charge is 2.48. The van der Waals surface area contributed by atoms with E-state index in [4.69, 9.17) is 9.26 Å². The monoisotopic (exact) mass is 371 g/mol. The van der Waals surface area contributed by atoms with Crippen molar-refractivity contribution in [3.05, 3.63) is 47.9 Å². The van der Waals surface area contributed by atoms with E-state index in [-0.39, 0.29) is 34.8 Å². The van der Waals surface area contributed by atoms with Crippen molar-refractivity contribution in [3.63, 3.8) is 0 Å². The van der Waals surface area contributed by atoms with E-state index in [0.717, 1.165) is 12.8 Å². The van der Waals surface area contributed by atoms with Crippen molar-refractivity contribution in [2.75, 3.05) is 26.2 Å². The van der Waals surface area contributed by atoms with Gasteiger partial charge in [0.15, 0.2) is 0 Å². The number of amides is 2. The number of aromatic nitrogens is 1. The number of carbonyl (C=O) groups excluding carboxylic acids is 2. The summed E-state index contributed by atoms with van der Waals surface area (Å²) in [7, 11) is 0. The third-order valence-corrected chi connectivity index (χ3v) is 5.18. The highest BCUT2D eigenvalue weighted by Crippen LogP contribution is 2.36. The molecule has 2 saturated heterocycles. The van der Waals surface area contributed by atoms with E-state index in [9.17, 15) is 14.7 Å². The SMILES string of the molecule is O=C(NCC1CCC2(CN(C(=O)c3cccc(O)c3)C2)OC1)c1ccno1. The largest absolute Gasteiger partial charge is 0.508 e. The van der Waals surface area contributed by atoms with E-state index in [1.807, 2.05) is 0 Å². The molecule has 1 aromatic heterocycles. The zero-order chi connectivity index (χ0) is 18.9. The van der Waals surface area contributed by atoms with Crippen LogP contribution >= 0.6 is 0 Å². The number of benzene rings is 1. The Kier molecular flexibility index (Phi) is 4.57. The summed E-state index contributed by atoms with van der Waals surface area (Å²) < 4.78 is 10.9. The van der Waals surface area contributed by atoms with Gasteiger partial charge < -0.3 is 24.6 Å². The number of aromatic hydroxyl groups is 1. The third-order valence-electron chi connectivity index (χ3n) is 5.18. The van der Waals surface area contributed by atoms with Crippen LogP contribution < -0.4 is 5.32 Å². The number of likely N-dealkylation sites (tertiary alicyclic amines) is 1. The van der Waals surface area contributed by atoms with Crippen LogP contribution in [0.15, 0.2) is 41.1 Å². The number of phenolic OH excluding ortho intramolecular Hbond substituents is 1. The van der Waals surface area contributed by atoms with Gasteiger partial charge in [-0.15, -0.1) is 0 Å². The topological polar surface area (TPSA) is 105 Å². The first-order valence-corrected chi connectivity index (χ1v) is 8.96. The normalized spacial score (nSPS) is 20.9. The van der Waals surface area contributed by atoms with Crippen LogP contribution in [0.2, 0.25) is 0 Å². The summed E-state index contributed by atoms with van der Waals surface area (Å²) in [5.41, 5.74) is 0.200. The van der Waals surface area contributed by atoms with Crippen molar-refractivity contribution in [3.8, 4) is 5.75 Å². The van der Waals surface area contributed by atoms with Gasteiger partial charge in [-0.1, -0.05) is 11.2 Å². The summed E-state index contributed by atoms with van der Waals surface area (Å²) >= 11 is 0. The van der Waals surface area contributed by atoms with E-state index in [1.54, 1.807) is 23.1 Å². The lowest BCUT2D eigenvalue weighted by Gasteiger charge is -2.52. The highest BCUT2D eigenvalue weighted by molar-refractivity contribution is 5.95. The van der Waals surface area contributed by atoms with Crippen LogP contribution in [0.1, 0.15) is 33.8 Å². The molecular weight excluding hydrogens is 350 g/mol. The van der Waals surface area contributed by atoms with Gasteiger partial charge in [0.2, 0.25) is 5.76 Å². The van der Waals surface area contributed by atoms with E-state index in [0.29, 0.717) is 31.8 Å². The average molecular weight is 371 g/mol. The molecule has 27 heavy (non-hydrogen) atoms. The zero-order valence-corrected chi connectivity index (χ0v) is 14.8.